The van der Waals surface area contributed by atoms with Crippen molar-refractivity contribution in [2.24, 2.45) is 0 Å². The van der Waals surface area contributed by atoms with Gasteiger partial charge >= 0.3 is 0 Å². The minimum Gasteiger partial charge on any atom is -0.507 e. The molecule has 1 aliphatic heterocycles. The van der Waals surface area contributed by atoms with Crippen LogP contribution in [0.25, 0.3) is 22.8 Å². The number of phenols is 1. The van der Waals surface area contributed by atoms with Crippen molar-refractivity contribution in [3.63, 3.8) is 0 Å². The summed E-state index contributed by atoms with van der Waals surface area (Å²) < 4.78 is 2.09. The number of hydrogen-bond donors (Lipinski definition) is 3. The third-order valence-electron chi connectivity index (χ3n) is 5.98. The van der Waals surface area contributed by atoms with E-state index in [1.54, 1.807) is 24.5 Å². The van der Waals surface area contributed by atoms with Crippen molar-refractivity contribution in [3.8, 4) is 16.9 Å². The van der Waals surface area contributed by atoms with Gasteiger partial charge in [-0.05, 0) is 62.9 Å². The van der Waals surface area contributed by atoms with Crippen molar-refractivity contribution in [2.45, 2.75) is 65.5 Å². The standard InChI is InChI=1S/C24H30N6O.C2H6/c1-5-16(20-8-7-17(12-23(20)31)18-14-26-27-15-18)11-21-22(6-2)30(29-28-21)19-9-10-25-24(3,4)13-19;1-2/h5,7-8,11-12,14-15,19,25,31H,1,6,9-10,13H2,2-4H3,(H,26,27);1-2H3/b16-11+;. The number of hydrogen-bond acceptors (Lipinski definition) is 5. The molecule has 1 fully saturated rings. The van der Waals surface area contributed by atoms with Gasteiger partial charge < -0.3 is 10.4 Å². The smallest absolute Gasteiger partial charge is 0.124 e. The number of aromatic nitrogens is 5. The lowest BCUT2D eigenvalue weighted by Gasteiger charge is -2.36. The van der Waals surface area contributed by atoms with Gasteiger partial charge in [-0.15, -0.1) is 5.10 Å². The summed E-state index contributed by atoms with van der Waals surface area (Å²) in [5.74, 6) is 0.190. The molecule has 0 spiro atoms. The number of nitrogens with zero attached hydrogens (tertiary/aromatic N) is 4. The molecule has 0 aliphatic carbocycles. The number of rotatable bonds is 6. The highest BCUT2D eigenvalue weighted by Crippen LogP contribution is 2.33. The van der Waals surface area contributed by atoms with Gasteiger partial charge in [-0.1, -0.05) is 50.8 Å². The lowest BCUT2D eigenvalue weighted by molar-refractivity contribution is 0.216. The molecule has 0 amide bonds. The average Bonchev–Trinajstić information content (AvgIpc) is 3.48. The van der Waals surface area contributed by atoms with Gasteiger partial charge in [0, 0.05) is 22.9 Å². The second kappa shape index (κ2) is 10.6. The monoisotopic (exact) mass is 448 g/mol. The van der Waals surface area contributed by atoms with Crippen LogP contribution in [0.3, 0.4) is 0 Å². The minimum absolute atomic E-state index is 0.0880. The second-order valence-electron chi connectivity index (χ2n) is 8.70. The van der Waals surface area contributed by atoms with Crippen LogP contribution in [0.1, 0.15) is 70.5 Å². The Morgan fingerprint density at radius 3 is 2.70 bits per heavy atom. The lowest BCUT2D eigenvalue weighted by atomic mass is 9.89. The van der Waals surface area contributed by atoms with Gasteiger partial charge in [0.05, 0.1) is 17.9 Å². The minimum atomic E-state index is 0.0880. The number of nitrogens with one attached hydrogen (secondary N) is 2. The van der Waals surface area contributed by atoms with Crippen LogP contribution in [0.5, 0.6) is 5.75 Å². The van der Waals surface area contributed by atoms with E-state index in [1.165, 1.54) is 0 Å². The quantitative estimate of drug-likeness (QED) is 0.440. The molecule has 1 saturated heterocycles. The fraction of sp³-hybridized carbons (Fsp3) is 0.423. The van der Waals surface area contributed by atoms with E-state index in [0.717, 1.165) is 53.9 Å². The highest BCUT2D eigenvalue weighted by molar-refractivity contribution is 5.89. The highest BCUT2D eigenvalue weighted by Gasteiger charge is 2.30. The van der Waals surface area contributed by atoms with Crippen molar-refractivity contribution in [1.82, 2.24) is 30.5 Å². The predicted octanol–water partition coefficient (Wildman–Crippen LogP) is 5.39. The van der Waals surface area contributed by atoms with Gasteiger partial charge in [-0.2, -0.15) is 5.10 Å². The summed E-state index contributed by atoms with van der Waals surface area (Å²) in [7, 11) is 0. The van der Waals surface area contributed by atoms with E-state index in [1.807, 2.05) is 32.1 Å². The Balaban J connectivity index is 0.00000149. The van der Waals surface area contributed by atoms with E-state index < -0.39 is 0 Å². The van der Waals surface area contributed by atoms with Gasteiger partial charge in [-0.3, -0.25) is 5.10 Å². The summed E-state index contributed by atoms with van der Waals surface area (Å²) >= 11 is 0. The lowest BCUT2D eigenvalue weighted by Crippen LogP contribution is -2.47. The highest BCUT2D eigenvalue weighted by atomic mass is 16.3. The van der Waals surface area contributed by atoms with Crippen LogP contribution in [0.15, 0.2) is 43.2 Å². The van der Waals surface area contributed by atoms with E-state index >= 15 is 0 Å². The molecule has 176 valence electrons. The normalized spacial score (nSPS) is 17.8. The molecular weight excluding hydrogens is 412 g/mol. The maximum Gasteiger partial charge on any atom is 0.124 e. The molecular formula is C26H36N6O. The van der Waals surface area contributed by atoms with E-state index in [4.69, 9.17) is 0 Å². The molecule has 0 radical (unpaired) electrons. The van der Waals surface area contributed by atoms with E-state index in [9.17, 15) is 5.11 Å². The third-order valence-corrected chi connectivity index (χ3v) is 5.98. The molecule has 7 heteroatoms. The van der Waals surface area contributed by atoms with Crippen LogP contribution in [-0.2, 0) is 6.42 Å². The fourth-order valence-electron chi connectivity index (χ4n) is 4.38. The van der Waals surface area contributed by atoms with Gasteiger partial charge in [0.15, 0.2) is 0 Å². The van der Waals surface area contributed by atoms with Gasteiger partial charge in [0.1, 0.15) is 11.4 Å². The topological polar surface area (TPSA) is 91.7 Å². The molecule has 1 aromatic carbocycles. The Bertz CT molecular complexity index is 1090. The number of H-pyrrole nitrogens is 1. The number of phenolic OH excluding ortho intramolecular Hbond substituents is 1. The van der Waals surface area contributed by atoms with Crippen molar-refractivity contribution in [3.05, 3.63) is 60.2 Å². The first-order valence-corrected chi connectivity index (χ1v) is 11.8. The van der Waals surface area contributed by atoms with Crippen LogP contribution in [0, 0.1) is 0 Å². The molecule has 3 heterocycles. The molecule has 33 heavy (non-hydrogen) atoms. The largest absolute Gasteiger partial charge is 0.507 e. The molecule has 4 rings (SSSR count). The number of allylic oxidation sites excluding steroid dienone is 2. The maximum atomic E-state index is 10.7. The molecule has 3 aromatic rings. The van der Waals surface area contributed by atoms with E-state index in [-0.39, 0.29) is 11.3 Å². The van der Waals surface area contributed by atoms with Crippen LogP contribution in [-0.4, -0.2) is 42.4 Å². The van der Waals surface area contributed by atoms with Gasteiger partial charge in [-0.25, -0.2) is 4.68 Å². The van der Waals surface area contributed by atoms with Crippen molar-refractivity contribution in [1.29, 1.82) is 0 Å². The Morgan fingerprint density at radius 2 is 2.09 bits per heavy atom. The zero-order chi connectivity index (χ0) is 24.0. The first kappa shape index (κ1) is 24.5. The van der Waals surface area contributed by atoms with Crippen LogP contribution in [0.4, 0.5) is 0 Å². The number of benzene rings is 1. The van der Waals surface area contributed by atoms with Crippen molar-refractivity contribution >= 4 is 11.6 Å². The number of piperidine rings is 1. The van der Waals surface area contributed by atoms with Crippen LogP contribution >= 0.6 is 0 Å². The summed E-state index contributed by atoms with van der Waals surface area (Å²) in [6.07, 6.45) is 10.1. The number of aromatic hydroxyl groups is 1. The Hall–Kier alpha value is -3.19. The molecule has 3 N–H and O–H groups in total. The van der Waals surface area contributed by atoms with Crippen molar-refractivity contribution in [2.75, 3.05) is 6.54 Å². The van der Waals surface area contributed by atoms with Gasteiger partial charge in [0.2, 0.25) is 0 Å². The summed E-state index contributed by atoms with van der Waals surface area (Å²) in [6, 6.07) is 5.94. The second-order valence-corrected chi connectivity index (χ2v) is 8.70. The molecule has 0 saturated carbocycles. The Labute approximate surface area is 196 Å². The SMILES string of the molecule is C=C/C(=C\c1nnn(C2CCNC(C)(C)C2)c1CC)c1ccc(-c2cn[nH]c2)cc1O.CC. The third kappa shape index (κ3) is 5.42. The van der Waals surface area contributed by atoms with E-state index in [2.05, 4.69) is 57.9 Å². The molecule has 1 aliphatic rings. The first-order valence-electron chi connectivity index (χ1n) is 11.8. The van der Waals surface area contributed by atoms with Crippen molar-refractivity contribution < 1.29 is 5.11 Å². The predicted molar refractivity (Wildman–Crippen MR) is 135 cm³/mol. The number of aromatic amines is 1. The molecule has 0 bridgehead atoms. The summed E-state index contributed by atoms with van der Waals surface area (Å²) in [4.78, 5) is 0. The Morgan fingerprint density at radius 1 is 1.30 bits per heavy atom. The average molecular weight is 449 g/mol. The van der Waals surface area contributed by atoms with Crippen LogP contribution in [0.2, 0.25) is 0 Å². The maximum absolute atomic E-state index is 10.7. The Kier molecular flexibility index (Phi) is 7.87. The van der Waals surface area contributed by atoms with Gasteiger partial charge in [0.25, 0.3) is 0 Å². The summed E-state index contributed by atoms with van der Waals surface area (Å²) in [5, 5.41) is 30.0. The summed E-state index contributed by atoms with van der Waals surface area (Å²) in [5.41, 5.74) is 5.36. The summed E-state index contributed by atoms with van der Waals surface area (Å²) in [6.45, 7) is 15.5. The fourth-order valence-corrected chi connectivity index (χ4v) is 4.38. The molecule has 7 nitrogen and oxygen atoms in total. The molecule has 1 atom stereocenters. The molecule has 2 aromatic heterocycles. The molecule has 1 unspecified atom stereocenters. The van der Waals surface area contributed by atoms with E-state index in [0.29, 0.717) is 11.6 Å². The zero-order valence-corrected chi connectivity index (χ0v) is 20.4. The zero-order valence-electron chi connectivity index (χ0n) is 20.4. The first-order chi connectivity index (χ1) is 15.9. The van der Waals surface area contributed by atoms with Crippen LogP contribution < -0.4 is 5.32 Å².